The van der Waals surface area contributed by atoms with Crippen LogP contribution in [0.2, 0.25) is 0 Å². The molecule has 3 heteroatoms. The quantitative estimate of drug-likeness (QED) is 0.877. The number of nitrogens with zero attached hydrogens (tertiary/aromatic N) is 1. The van der Waals surface area contributed by atoms with Crippen LogP contribution in [0.15, 0.2) is 36.5 Å². The number of methoxy groups -OCH3 is 1. The number of likely N-dealkylation sites (N-methyl/N-ethyl adjacent to an activating group) is 1. The average molecular weight is 272 g/mol. The molecule has 0 saturated heterocycles. The Hall–Kier alpha value is -1.45. The zero-order chi connectivity index (χ0) is 14.6. The minimum Gasteiger partial charge on any atom is -0.377 e. The van der Waals surface area contributed by atoms with Crippen molar-refractivity contribution >= 4 is 10.9 Å². The summed E-state index contributed by atoms with van der Waals surface area (Å²) in [6.07, 6.45) is 2.82. The summed E-state index contributed by atoms with van der Waals surface area (Å²) >= 11 is 0. The van der Waals surface area contributed by atoms with Crippen molar-refractivity contribution in [2.75, 3.05) is 13.7 Å². The fraction of sp³-hybridized carbons (Fsp3) is 0.471. The number of aromatic nitrogens is 1. The minimum atomic E-state index is -0.208. The highest BCUT2D eigenvalue weighted by Crippen LogP contribution is 2.22. The molecule has 2 rings (SSSR count). The molecule has 1 aromatic heterocycles. The molecule has 20 heavy (non-hydrogen) atoms. The van der Waals surface area contributed by atoms with Crippen molar-refractivity contribution in [2.45, 2.75) is 38.8 Å². The molecule has 1 heterocycles. The van der Waals surface area contributed by atoms with Gasteiger partial charge in [-0.3, -0.25) is 4.98 Å². The van der Waals surface area contributed by atoms with Crippen LogP contribution in [0.5, 0.6) is 0 Å². The summed E-state index contributed by atoms with van der Waals surface area (Å²) in [7, 11) is 1.77. The van der Waals surface area contributed by atoms with Crippen molar-refractivity contribution in [3.63, 3.8) is 0 Å². The molecule has 108 valence electrons. The molecule has 0 spiro atoms. The van der Waals surface area contributed by atoms with E-state index in [1.165, 1.54) is 10.9 Å². The van der Waals surface area contributed by atoms with Crippen LogP contribution in [-0.4, -0.2) is 30.3 Å². The molecular weight excluding hydrogens is 248 g/mol. The van der Waals surface area contributed by atoms with Crippen molar-refractivity contribution in [2.24, 2.45) is 0 Å². The first kappa shape index (κ1) is 14.9. The molecular formula is C17H24N2O. The van der Waals surface area contributed by atoms with Crippen LogP contribution >= 0.6 is 0 Å². The number of para-hydroxylation sites is 1. The summed E-state index contributed by atoms with van der Waals surface area (Å²) < 4.78 is 5.66. The monoisotopic (exact) mass is 272 g/mol. The lowest BCUT2D eigenvalue weighted by atomic mass is 9.91. The third kappa shape index (κ3) is 3.17. The van der Waals surface area contributed by atoms with Gasteiger partial charge in [-0.2, -0.15) is 0 Å². The summed E-state index contributed by atoms with van der Waals surface area (Å²) in [6, 6.07) is 10.7. The van der Waals surface area contributed by atoms with Crippen LogP contribution in [-0.2, 0) is 11.2 Å². The number of benzene rings is 1. The maximum absolute atomic E-state index is 5.66. The number of rotatable bonds is 6. The van der Waals surface area contributed by atoms with E-state index in [2.05, 4.69) is 55.3 Å². The lowest BCUT2D eigenvalue weighted by molar-refractivity contribution is -0.00951. The Balaban J connectivity index is 2.33. The lowest BCUT2D eigenvalue weighted by Gasteiger charge is -2.34. The second-order valence-electron chi connectivity index (χ2n) is 5.61. The van der Waals surface area contributed by atoms with E-state index in [0.29, 0.717) is 0 Å². The van der Waals surface area contributed by atoms with E-state index in [4.69, 9.17) is 4.74 Å². The van der Waals surface area contributed by atoms with Crippen LogP contribution in [0.25, 0.3) is 10.9 Å². The van der Waals surface area contributed by atoms with Gasteiger partial charge in [-0.15, -0.1) is 0 Å². The lowest BCUT2D eigenvalue weighted by Crippen LogP contribution is -2.49. The fourth-order valence-electron chi connectivity index (χ4n) is 2.51. The van der Waals surface area contributed by atoms with Gasteiger partial charge >= 0.3 is 0 Å². The smallest absolute Gasteiger partial charge is 0.0778 e. The zero-order valence-electron chi connectivity index (χ0n) is 12.8. The molecule has 0 radical (unpaired) electrons. The van der Waals surface area contributed by atoms with Gasteiger partial charge in [0.15, 0.2) is 0 Å². The fourth-order valence-corrected chi connectivity index (χ4v) is 2.51. The average Bonchev–Trinajstić information content (AvgIpc) is 2.47. The van der Waals surface area contributed by atoms with Gasteiger partial charge in [0.25, 0.3) is 0 Å². The largest absolute Gasteiger partial charge is 0.377 e. The standard InChI is InChI=1S/C17H24N2O/c1-5-18-16(17(2,3)20-4)12-13-10-11-19-15-9-7-6-8-14(13)15/h6-11,16,18H,5,12H2,1-4H3. The molecule has 0 aliphatic carbocycles. The Morgan fingerprint density at radius 1 is 1.25 bits per heavy atom. The first-order chi connectivity index (χ1) is 9.58. The topological polar surface area (TPSA) is 34.2 Å². The number of nitrogens with one attached hydrogen (secondary N) is 1. The molecule has 0 saturated carbocycles. The summed E-state index contributed by atoms with van der Waals surface area (Å²) in [5.74, 6) is 0. The zero-order valence-corrected chi connectivity index (χ0v) is 12.8. The number of hydrogen-bond acceptors (Lipinski definition) is 3. The van der Waals surface area contributed by atoms with E-state index in [-0.39, 0.29) is 11.6 Å². The Morgan fingerprint density at radius 2 is 2.00 bits per heavy atom. The molecule has 0 bridgehead atoms. The summed E-state index contributed by atoms with van der Waals surface area (Å²) in [6.45, 7) is 7.32. The van der Waals surface area contributed by atoms with Gasteiger partial charge in [-0.05, 0) is 44.5 Å². The Kier molecular flexibility index (Phi) is 4.73. The predicted molar refractivity (Wildman–Crippen MR) is 84.0 cm³/mol. The van der Waals surface area contributed by atoms with Crippen molar-refractivity contribution in [3.05, 3.63) is 42.1 Å². The molecule has 1 aromatic carbocycles. The highest BCUT2D eigenvalue weighted by molar-refractivity contribution is 5.81. The first-order valence-electron chi connectivity index (χ1n) is 7.19. The van der Waals surface area contributed by atoms with Crippen LogP contribution < -0.4 is 5.32 Å². The summed E-state index contributed by atoms with van der Waals surface area (Å²) in [5.41, 5.74) is 2.16. The highest BCUT2D eigenvalue weighted by atomic mass is 16.5. The van der Waals surface area contributed by atoms with Gasteiger partial charge in [0.05, 0.1) is 11.1 Å². The van der Waals surface area contributed by atoms with Crippen molar-refractivity contribution in [1.29, 1.82) is 0 Å². The Bertz CT molecular complexity index is 560. The van der Waals surface area contributed by atoms with E-state index in [9.17, 15) is 0 Å². The second kappa shape index (κ2) is 6.33. The van der Waals surface area contributed by atoms with Crippen LogP contribution in [0.1, 0.15) is 26.3 Å². The molecule has 1 atom stereocenters. The molecule has 1 N–H and O–H groups in total. The van der Waals surface area contributed by atoms with Crippen LogP contribution in [0, 0.1) is 0 Å². The normalized spacial score (nSPS) is 13.6. The predicted octanol–water partition coefficient (Wildman–Crippen LogP) is 3.18. The van der Waals surface area contributed by atoms with Gasteiger partial charge in [-0.25, -0.2) is 0 Å². The van der Waals surface area contributed by atoms with E-state index >= 15 is 0 Å². The number of ether oxygens (including phenoxy) is 1. The van der Waals surface area contributed by atoms with E-state index in [1.54, 1.807) is 7.11 Å². The highest BCUT2D eigenvalue weighted by Gasteiger charge is 2.29. The third-order valence-corrected chi connectivity index (χ3v) is 3.98. The minimum absolute atomic E-state index is 0.208. The SMILES string of the molecule is CCNC(Cc1ccnc2ccccc12)C(C)(C)OC. The van der Waals surface area contributed by atoms with Crippen molar-refractivity contribution in [3.8, 4) is 0 Å². The van der Waals surface area contributed by atoms with Crippen LogP contribution in [0.4, 0.5) is 0 Å². The van der Waals surface area contributed by atoms with E-state index in [0.717, 1.165) is 18.5 Å². The van der Waals surface area contributed by atoms with Gasteiger partial charge in [0, 0.05) is 24.7 Å². The summed E-state index contributed by atoms with van der Waals surface area (Å²) in [4.78, 5) is 4.43. The number of fused-ring (bicyclic) bond motifs is 1. The Morgan fingerprint density at radius 3 is 2.70 bits per heavy atom. The molecule has 3 nitrogen and oxygen atoms in total. The number of hydrogen-bond donors (Lipinski definition) is 1. The van der Waals surface area contributed by atoms with Gasteiger partial charge in [0.2, 0.25) is 0 Å². The first-order valence-corrected chi connectivity index (χ1v) is 7.19. The maximum atomic E-state index is 5.66. The molecule has 0 fully saturated rings. The van der Waals surface area contributed by atoms with Gasteiger partial charge < -0.3 is 10.1 Å². The van der Waals surface area contributed by atoms with Gasteiger partial charge in [0.1, 0.15) is 0 Å². The molecule has 1 unspecified atom stereocenters. The molecule has 0 aliphatic heterocycles. The molecule has 0 amide bonds. The molecule has 0 aliphatic rings. The summed E-state index contributed by atoms with van der Waals surface area (Å²) in [5, 5.41) is 4.77. The maximum Gasteiger partial charge on any atom is 0.0778 e. The molecule has 2 aromatic rings. The van der Waals surface area contributed by atoms with Crippen molar-refractivity contribution < 1.29 is 4.74 Å². The third-order valence-electron chi connectivity index (χ3n) is 3.98. The van der Waals surface area contributed by atoms with Crippen LogP contribution in [0.3, 0.4) is 0 Å². The Labute approximate surface area is 121 Å². The van der Waals surface area contributed by atoms with Crippen molar-refractivity contribution in [1.82, 2.24) is 10.3 Å². The number of pyridine rings is 1. The van der Waals surface area contributed by atoms with Gasteiger partial charge in [-0.1, -0.05) is 25.1 Å². The van der Waals surface area contributed by atoms with E-state index < -0.39 is 0 Å². The second-order valence-corrected chi connectivity index (χ2v) is 5.61. The van der Waals surface area contributed by atoms with E-state index in [1.807, 2.05) is 12.3 Å².